The zero-order valence-electron chi connectivity index (χ0n) is 21.2. The van der Waals surface area contributed by atoms with E-state index in [1.54, 1.807) is 5.57 Å². The van der Waals surface area contributed by atoms with Gasteiger partial charge in [-0.25, -0.2) is 0 Å². The van der Waals surface area contributed by atoms with Crippen LogP contribution < -0.4 is 0 Å². The minimum atomic E-state index is -0.187. The van der Waals surface area contributed by atoms with Crippen LogP contribution in [0.1, 0.15) is 106 Å². The van der Waals surface area contributed by atoms with Crippen LogP contribution in [-0.2, 0) is 0 Å². The summed E-state index contributed by atoms with van der Waals surface area (Å²) in [7, 11) is 0. The molecule has 0 aromatic carbocycles. The van der Waals surface area contributed by atoms with Gasteiger partial charge in [-0.3, -0.25) is 0 Å². The van der Waals surface area contributed by atoms with Crippen LogP contribution >= 0.6 is 0 Å². The third-order valence-corrected chi connectivity index (χ3v) is 11.3. The summed E-state index contributed by atoms with van der Waals surface area (Å²) < 4.78 is 0. The summed E-state index contributed by atoms with van der Waals surface area (Å²) in [6, 6.07) is 0. The second-order valence-corrected chi connectivity index (χ2v) is 13.1. The van der Waals surface area contributed by atoms with E-state index in [2.05, 4.69) is 40.7 Å². The van der Waals surface area contributed by atoms with Crippen LogP contribution in [0.2, 0.25) is 0 Å². The van der Waals surface area contributed by atoms with Crippen molar-refractivity contribution >= 4 is 0 Å². The van der Waals surface area contributed by atoms with E-state index in [0.717, 1.165) is 42.4 Å². The van der Waals surface area contributed by atoms with Gasteiger partial charge in [-0.2, -0.15) is 0 Å². The molecule has 0 radical (unpaired) electrons. The molecule has 178 valence electrons. The van der Waals surface area contributed by atoms with Crippen molar-refractivity contribution in [2.75, 3.05) is 0 Å². The van der Waals surface area contributed by atoms with Crippen molar-refractivity contribution in [3.05, 3.63) is 11.6 Å². The Balaban J connectivity index is 1.47. The molecule has 0 aromatic heterocycles. The molecule has 0 spiro atoms. The maximum Gasteiger partial charge on any atom is 0.0577 e. The lowest BCUT2D eigenvalue weighted by Gasteiger charge is -2.58. The molecule has 0 amide bonds. The van der Waals surface area contributed by atoms with Gasteiger partial charge in [0.25, 0.3) is 0 Å². The lowest BCUT2D eigenvalue weighted by Crippen LogP contribution is -2.50. The first kappa shape index (κ1) is 23.8. The van der Waals surface area contributed by atoms with Gasteiger partial charge >= 0.3 is 0 Å². The van der Waals surface area contributed by atoms with E-state index in [0.29, 0.717) is 22.7 Å². The molecule has 0 heterocycles. The first-order valence-corrected chi connectivity index (χ1v) is 13.6. The molecule has 0 aromatic rings. The van der Waals surface area contributed by atoms with Gasteiger partial charge < -0.3 is 10.2 Å². The van der Waals surface area contributed by atoms with E-state index in [1.165, 1.54) is 51.4 Å². The van der Waals surface area contributed by atoms with Crippen molar-refractivity contribution in [3.63, 3.8) is 0 Å². The molecule has 10 atom stereocenters. The SMILES string of the molecule is CC(C)[C@@H](CC[C@@H](C)[C@H]1CCC2C3CC=C4C[C@@H](O)CC[C@]4(C)C3CC[C@@]21C)[C@H](C)O. The monoisotopic (exact) mass is 430 g/mol. The van der Waals surface area contributed by atoms with Gasteiger partial charge in [0.1, 0.15) is 0 Å². The molecule has 3 unspecified atom stereocenters. The van der Waals surface area contributed by atoms with E-state index in [1.807, 2.05) is 6.92 Å². The predicted octanol–water partition coefficient (Wildman–Crippen LogP) is 7.00. The summed E-state index contributed by atoms with van der Waals surface area (Å²) in [5.74, 6) is 5.21. The second-order valence-electron chi connectivity index (χ2n) is 13.1. The number of hydrogen-bond acceptors (Lipinski definition) is 2. The minimum absolute atomic E-state index is 0.0993. The van der Waals surface area contributed by atoms with E-state index in [9.17, 15) is 10.2 Å². The Morgan fingerprint density at radius 3 is 2.39 bits per heavy atom. The zero-order valence-corrected chi connectivity index (χ0v) is 21.2. The van der Waals surface area contributed by atoms with Crippen LogP contribution in [0.3, 0.4) is 0 Å². The highest BCUT2D eigenvalue weighted by molar-refractivity contribution is 5.25. The van der Waals surface area contributed by atoms with Gasteiger partial charge in [-0.05, 0) is 117 Å². The average Bonchev–Trinajstić information content (AvgIpc) is 3.05. The smallest absolute Gasteiger partial charge is 0.0577 e. The van der Waals surface area contributed by atoms with Gasteiger partial charge in [0.2, 0.25) is 0 Å². The van der Waals surface area contributed by atoms with E-state index in [4.69, 9.17) is 0 Å². The first-order valence-electron chi connectivity index (χ1n) is 13.6. The first-order chi connectivity index (χ1) is 14.6. The highest BCUT2D eigenvalue weighted by Gasteiger charge is 2.59. The molecule has 4 aliphatic rings. The Labute approximate surface area is 192 Å². The molecule has 31 heavy (non-hydrogen) atoms. The summed E-state index contributed by atoms with van der Waals surface area (Å²) in [5, 5.41) is 20.5. The standard InChI is InChI=1S/C29H50O2/c1-18(2)23(20(4)30)9-7-19(3)25-11-12-26-24-10-8-21-17-22(31)13-15-28(21,5)27(24)14-16-29(25,26)6/h8,18-20,22-27,30-31H,7,9-17H2,1-6H3/t19-,20+,22+,23-,24?,25-,26?,27?,28+,29-/m1/s1. The molecule has 2 N–H and O–H groups in total. The third kappa shape index (κ3) is 4.07. The quantitative estimate of drug-likeness (QED) is 0.446. The zero-order chi connectivity index (χ0) is 22.6. The van der Waals surface area contributed by atoms with E-state index >= 15 is 0 Å². The Morgan fingerprint density at radius 2 is 1.71 bits per heavy atom. The van der Waals surface area contributed by atoms with Crippen LogP contribution in [0.15, 0.2) is 11.6 Å². The van der Waals surface area contributed by atoms with E-state index in [-0.39, 0.29) is 12.2 Å². The number of fused-ring (bicyclic) bond motifs is 5. The van der Waals surface area contributed by atoms with Crippen LogP contribution in [0.4, 0.5) is 0 Å². The molecule has 2 nitrogen and oxygen atoms in total. The Kier molecular flexibility index (Phi) is 6.75. The highest BCUT2D eigenvalue weighted by atomic mass is 16.3. The van der Waals surface area contributed by atoms with Crippen LogP contribution in [0, 0.1) is 52.3 Å². The van der Waals surface area contributed by atoms with Gasteiger partial charge in [-0.1, -0.05) is 52.7 Å². The van der Waals surface area contributed by atoms with Crippen molar-refractivity contribution in [3.8, 4) is 0 Å². The highest BCUT2D eigenvalue weighted by Crippen LogP contribution is 2.67. The molecule has 4 aliphatic carbocycles. The maximum atomic E-state index is 10.2. The van der Waals surface area contributed by atoms with Crippen LogP contribution in [0.5, 0.6) is 0 Å². The lowest BCUT2D eigenvalue weighted by molar-refractivity contribution is -0.0578. The van der Waals surface area contributed by atoms with Gasteiger partial charge in [0.05, 0.1) is 12.2 Å². The van der Waals surface area contributed by atoms with E-state index < -0.39 is 0 Å². The average molecular weight is 431 g/mol. The molecular formula is C29H50O2. The van der Waals surface area contributed by atoms with Crippen molar-refractivity contribution in [1.29, 1.82) is 0 Å². The van der Waals surface area contributed by atoms with Crippen molar-refractivity contribution < 1.29 is 10.2 Å². The van der Waals surface area contributed by atoms with Crippen LogP contribution in [-0.4, -0.2) is 22.4 Å². The lowest BCUT2D eigenvalue weighted by atomic mass is 9.47. The maximum absolute atomic E-state index is 10.2. The van der Waals surface area contributed by atoms with Crippen molar-refractivity contribution in [1.82, 2.24) is 0 Å². The minimum Gasteiger partial charge on any atom is -0.393 e. The third-order valence-electron chi connectivity index (χ3n) is 11.3. The van der Waals surface area contributed by atoms with Gasteiger partial charge in [0, 0.05) is 0 Å². The number of aliphatic hydroxyl groups is 2. The second kappa shape index (κ2) is 8.79. The molecule has 0 aliphatic heterocycles. The Morgan fingerprint density at radius 1 is 0.968 bits per heavy atom. The largest absolute Gasteiger partial charge is 0.393 e. The topological polar surface area (TPSA) is 40.5 Å². The normalized spacial score (nSPS) is 45.3. The molecule has 0 bridgehead atoms. The molecule has 2 heteroatoms. The molecule has 3 fully saturated rings. The molecular weight excluding hydrogens is 380 g/mol. The van der Waals surface area contributed by atoms with Crippen molar-refractivity contribution in [2.45, 2.75) is 118 Å². The predicted molar refractivity (Wildman–Crippen MR) is 130 cm³/mol. The summed E-state index contributed by atoms with van der Waals surface area (Å²) in [6.07, 6.45) is 14.8. The number of aliphatic hydroxyl groups excluding tert-OH is 2. The van der Waals surface area contributed by atoms with Gasteiger partial charge in [-0.15, -0.1) is 0 Å². The molecule has 3 saturated carbocycles. The summed E-state index contributed by atoms with van der Waals surface area (Å²) in [4.78, 5) is 0. The fraction of sp³-hybridized carbons (Fsp3) is 0.931. The summed E-state index contributed by atoms with van der Waals surface area (Å²) >= 11 is 0. The number of hydrogen-bond donors (Lipinski definition) is 2. The summed E-state index contributed by atoms with van der Waals surface area (Å²) in [6.45, 7) is 14.2. The summed E-state index contributed by atoms with van der Waals surface area (Å²) in [5.41, 5.74) is 2.46. The van der Waals surface area contributed by atoms with Crippen LogP contribution in [0.25, 0.3) is 0 Å². The molecule has 0 saturated heterocycles. The Bertz CT molecular complexity index is 658. The van der Waals surface area contributed by atoms with Crippen molar-refractivity contribution in [2.24, 2.45) is 52.3 Å². The molecule has 4 rings (SSSR count). The fourth-order valence-corrected chi connectivity index (χ4v) is 9.41. The number of rotatable bonds is 6. The van der Waals surface area contributed by atoms with Gasteiger partial charge in [0.15, 0.2) is 0 Å². The fourth-order valence-electron chi connectivity index (χ4n) is 9.41. The Hall–Kier alpha value is -0.340. The number of allylic oxidation sites excluding steroid dienone is 1.